The molecule has 2 heteroatoms. The first-order valence-corrected chi connectivity index (χ1v) is 6.54. The summed E-state index contributed by atoms with van der Waals surface area (Å²) >= 11 is 6.13. The van der Waals surface area contributed by atoms with Crippen molar-refractivity contribution in [2.24, 2.45) is 0 Å². The van der Waals surface area contributed by atoms with Crippen LogP contribution < -0.4 is 5.32 Å². The van der Waals surface area contributed by atoms with E-state index in [2.05, 4.69) is 49.5 Å². The average molecular weight is 260 g/mol. The van der Waals surface area contributed by atoms with E-state index in [9.17, 15) is 0 Å². The molecule has 1 N–H and O–H groups in total. The molecule has 0 amide bonds. The third kappa shape index (κ3) is 2.85. The van der Waals surface area contributed by atoms with Crippen LogP contribution in [0, 0.1) is 13.8 Å². The van der Waals surface area contributed by atoms with Crippen LogP contribution in [0.5, 0.6) is 0 Å². The molecule has 2 aromatic carbocycles. The van der Waals surface area contributed by atoms with Crippen molar-refractivity contribution in [1.82, 2.24) is 0 Å². The second-order valence-electron chi connectivity index (χ2n) is 4.69. The van der Waals surface area contributed by atoms with Gasteiger partial charge in [0.1, 0.15) is 0 Å². The number of nitrogens with one attached hydrogen (secondary N) is 1. The number of halogens is 1. The van der Waals surface area contributed by atoms with Crippen LogP contribution in [0.1, 0.15) is 29.7 Å². The van der Waals surface area contributed by atoms with E-state index >= 15 is 0 Å². The third-order valence-electron chi connectivity index (χ3n) is 3.21. The van der Waals surface area contributed by atoms with Gasteiger partial charge in [-0.3, -0.25) is 0 Å². The van der Waals surface area contributed by atoms with Crippen molar-refractivity contribution in [2.75, 3.05) is 5.32 Å². The minimum absolute atomic E-state index is 0.268. The van der Waals surface area contributed by atoms with Crippen LogP contribution >= 0.6 is 11.6 Å². The number of aryl methyl sites for hydroxylation is 2. The fraction of sp³-hybridized carbons (Fsp3) is 0.250. The number of anilines is 1. The van der Waals surface area contributed by atoms with Gasteiger partial charge in [-0.05, 0) is 49.6 Å². The molecule has 1 atom stereocenters. The average Bonchev–Trinajstić information content (AvgIpc) is 2.34. The summed E-state index contributed by atoms with van der Waals surface area (Å²) < 4.78 is 0. The van der Waals surface area contributed by atoms with Crippen LogP contribution in [0.15, 0.2) is 42.5 Å². The summed E-state index contributed by atoms with van der Waals surface area (Å²) in [5.74, 6) is 0. The fourth-order valence-electron chi connectivity index (χ4n) is 2.08. The van der Waals surface area contributed by atoms with Crippen molar-refractivity contribution in [3.8, 4) is 0 Å². The van der Waals surface area contributed by atoms with Gasteiger partial charge < -0.3 is 5.32 Å². The zero-order chi connectivity index (χ0) is 13.1. The maximum absolute atomic E-state index is 6.13. The zero-order valence-corrected chi connectivity index (χ0v) is 11.8. The number of hydrogen-bond donors (Lipinski definition) is 1. The molecule has 0 aliphatic carbocycles. The molecule has 94 valence electrons. The molecule has 0 aliphatic heterocycles. The van der Waals surface area contributed by atoms with Gasteiger partial charge in [0.25, 0.3) is 0 Å². The Morgan fingerprint density at radius 1 is 1.00 bits per heavy atom. The Balaban J connectivity index is 2.19. The van der Waals surface area contributed by atoms with Crippen molar-refractivity contribution in [1.29, 1.82) is 0 Å². The van der Waals surface area contributed by atoms with Crippen LogP contribution in [0.4, 0.5) is 5.69 Å². The molecule has 0 heterocycles. The monoisotopic (exact) mass is 259 g/mol. The normalized spacial score (nSPS) is 12.2. The highest BCUT2D eigenvalue weighted by Crippen LogP contribution is 2.25. The molecule has 1 unspecified atom stereocenters. The van der Waals surface area contributed by atoms with Gasteiger partial charge in [-0.1, -0.05) is 41.9 Å². The standard InChI is InChI=1S/C16H18ClN/c1-11-6-4-5-7-15(11)13(3)18-14-9-8-12(2)16(17)10-14/h4-10,13,18H,1-3H3. The summed E-state index contributed by atoms with van der Waals surface area (Å²) in [6, 6.07) is 14.8. The molecular weight excluding hydrogens is 242 g/mol. The Hall–Kier alpha value is -1.47. The van der Waals surface area contributed by atoms with Crippen LogP contribution in [0.25, 0.3) is 0 Å². The van der Waals surface area contributed by atoms with E-state index in [0.717, 1.165) is 16.3 Å². The summed E-state index contributed by atoms with van der Waals surface area (Å²) in [6.45, 7) is 6.31. The van der Waals surface area contributed by atoms with E-state index in [1.807, 2.05) is 19.1 Å². The van der Waals surface area contributed by atoms with Gasteiger partial charge in [-0.15, -0.1) is 0 Å². The second kappa shape index (κ2) is 5.45. The lowest BCUT2D eigenvalue weighted by Gasteiger charge is -2.18. The Labute approximate surface area is 114 Å². The molecule has 0 fully saturated rings. The summed E-state index contributed by atoms with van der Waals surface area (Å²) in [5, 5.41) is 4.29. The van der Waals surface area contributed by atoms with Gasteiger partial charge in [0.2, 0.25) is 0 Å². The largest absolute Gasteiger partial charge is 0.378 e. The Morgan fingerprint density at radius 2 is 1.72 bits per heavy atom. The summed E-state index contributed by atoms with van der Waals surface area (Å²) in [6.07, 6.45) is 0. The molecule has 0 radical (unpaired) electrons. The number of hydrogen-bond acceptors (Lipinski definition) is 1. The van der Waals surface area contributed by atoms with Crippen molar-refractivity contribution >= 4 is 17.3 Å². The maximum Gasteiger partial charge on any atom is 0.0488 e. The molecule has 2 rings (SSSR count). The van der Waals surface area contributed by atoms with Gasteiger partial charge in [0.15, 0.2) is 0 Å². The summed E-state index contributed by atoms with van der Waals surface area (Å²) in [4.78, 5) is 0. The van der Waals surface area contributed by atoms with Crippen LogP contribution in [-0.4, -0.2) is 0 Å². The molecule has 1 nitrogen and oxygen atoms in total. The van der Waals surface area contributed by atoms with Gasteiger partial charge >= 0.3 is 0 Å². The predicted octanol–water partition coefficient (Wildman–Crippen LogP) is 5.13. The number of rotatable bonds is 3. The van der Waals surface area contributed by atoms with Gasteiger partial charge in [-0.25, -0.2) is 0 Å². The summed E-state index contributed by atoms with van der Waals surface area (Å²) in [7, 11) is 0. The molecule has 0 aromatic heterocycles. The van der Waals surface area contributed by atoms with E-state index in [0.29, 0.717) is 0 Å². The van der Waals surface area contributed by atoms with E-state index < -0.39 is 0 Å². The van der Waals surface area contributed by atoms with Crippen molar-refractivity contribution < 1.29 is 0 Å². The maximum atomic E-state index is 6.13. The lowest BCUT2D eigenvalue weighted by molar-refractivity contribution is 0.874. The second-order valence-corrected chi connectivity index (χ2v) is 5.09. The molecule has 0 spiro atoms. The minimum atomic E-state index is 0.268. The molecule has 18 heavy (non-hydrogen) atoms. The Morgan fingerprint density at radius 3 is 2.39 bits per heavy atom. The van der Waals surface area contributed by atoms with Crippen LogP contribution in [0.2, 0.25) is 5.02 Å². The molecule has 0 saturated carbocycles. The number of benzene rings is 2. The highest BCUT2D eigenvalue weighted by Gasteiger charge is 2.08. The highest BCUT2D eigenvalue weighted by molar-refractivity contribution is 6.31. The van der Waals surface area contributed by atoms with E-state index in [-0.39, 0.29) is 6.04 Å². The van der Waals surface area contributed by atoms with E-state index in [1.54, 1.807) is 0 Å². The predicted molar refractivity (Wildman–Crippen MR) is 79.4 cm³/mol. The smallest absolute Gasteiger partial charge is 0.0488 e. The SMILES string of the molecule is Cc1ccc(NC(C)c2ccccc2C)cc1Cl. The first kappa shape index (κ1) is 13.0. The van der Waals surface area contributed by atoms with Crippen LogP contribution in [0.3, 0.4) is 0 Å². The molecule has 2 aromatic rings. The van der Waals surface area contributed by atoms with E-state index in [1.165, 1.54) is 11.1 Å². The Kier molecular flexibility index (Phi) is 3.93. The molecule has 0 aliphatic rings. The minimum Gasteiger partial charge on any atom is -0.378 e. The molecule has 0 saturated heterocycles. The van der Waals surface area contributed by atoms with E-state index in [4.69, 9.17) is 11.6 Å². The fourth-order valence-corrected chi connectivity index (χ4v) is 2.26. The summed E-state index contributed by atoms with van der Waals surface area (Å²) in [5.41, 5.74) is 4.78. The highest BCUT2D eigenvalue weighted by atomic mass is 35.5. The lowest BCUT2D eigenvalue weighted by Crippen LogP contribution is -2.08. The topological polar surface area (TPSA) is 12.0 Å². The molecular formula is C16H18ClN. The van der Waals surface area contributed by atoms with Crippen LogP contribution in [-0.2, 0) is 0 Å². The Bertz CT molecular complexity index is 549. The third-order valence-corrected chi connectivity index (χ3v) is 3.62. The quantitative estimate of drug-likeness (QED) is 0.806. The zero-order valence-electron chi connectivity index (χ0n) is 11.0. The first-order chi connectivity index (χ1) is 8.58. The van der Waals surface area contributed by atoms with Gasteiger partial charge in [0.05, 0.1) is 0 Å². The van der Waals surface area contributed by atoms with Gasteiger partial charge in [-0.2, -0.15) is 0 Å². The molecule has 0 bridgehead atoms. The first-order valence-electron chi connectivity index (χ1n) is 6.16. The van der Waals surface area contributed by atoms with Crippen molar-refractivity contribution in [3.05, 3.63) is 64.2 Å². The van der Waals surface area contributed by atoms with Crippen molar-refractivity contribution in [3.63, 3.8) is 0 Å². The lowest BCUT2D eigenvalue weighted by atomic mass is 10.0. The van der Waals surface area contributed by atoms with Crippen molar-refractivity contribution in [2.45, 2.75) is 26.8 Å². The van der Waals surface area contributed by atoms with Gasteiger partial charge in [0, 0.05) is 16.8 Å².